The number of methoxy groups -OCH3 is 1. The highest BCUT2D eigenvalue weighted by Gasteiger charge is 2.22. The van der Waals surface area contributed by atoms with E-state index in [0.717, 1.165) is 11.3 Å². The molecule has 3 N–H and O–H groups in total. The molecule has 0 radical (unpaired) electrons. The van der Waals surface area contributed by atoms with Crippen molar-refractivity contribution in [3.8, 4) is 17.1 Å². The van der Waals surface area contributed by atoms with E-state index in [2.05, 4.69) is 25.8 Å². The van der Waals surface area contributed by atoms with E-state index in [9.17, 15) is 9.59 Å². The number of hydrogen-bond acceptors (Lipinski definition) is 6. The molecule has 0 saturated carbocycles. The SMILES string of the molecule is COc1ccc(-c2cnc(CCC(=O)NC(CC(C)C)C(=O)Nc3ccn[nH]3)o2)cc1. The van der Waals surface area contributed by atoms with Gasteiger partial charge < -0.3 is 19.8 Å². The Balaban J connectivity index is 1.54. The van der Waals surface area contributed by atoms with Crippen molar-refractivity contribution < 1.29 is 18.7 Å². The van der Waals surface area contributed by atoms with Gasteiger partial charge >= 0.3 is 0 Å². The first-order valence-corrected chi connectivity index (χ1v) is 10.1. The van der Waals surface area contributed by atoms with Crippen molar-refractivity contribution in [2.24, 2.45) is 5.92 Å². The van der Waals surface area contributed by atoms with Gasteiger partial charge in [-0.25, -0.2) is 4.98 Å². The van der Waals surface area contributed by atoms with E-state index >= 15 is 0 Å². The van der Waals surface area contributed by atoms with Gasteiger partial charge in [-0.2, -0.15) is 5.10 Å². The first-order chi connectivity index (χ1) is 14.9. The Labute approximate surface area is 180 Å². The number of carbonyl (C=O) groups is 2. The Kier molecular flexibility index (Phi) is 7.42. The summed E-state index contributed by atoms with van der Waals surface area (Å²) in [6.45, 7) is 3.99. The quantitative estimate of drug-likeness (QED) is 0.459. The normalized spacial score (nSPS) is 11.9. The second kappa shape index (κ2) is 10.4. The largest absolute Gasteiger partial charge is 0.497 e. The minimum absolute atomic E-state index is 0.161. The third kappa shape index (κ3) is 6.43. The van der Waals surface area contributed by atoms with Gasteiger partial charge in [-0.15, -0.1) is 0 Å². The highest BCUT2D eigenvalue weighted by Crippen LogP contribution is 2.23. The van der Waals surface area contributed by atoms with Crippen LogP contribution < -0.4 is 15.4 Å². The van der Waals surface area contributed by atoms with Crippen molar-refractivity contribution in [1.29, 1.82) is 0 Å². The van der Waals surface area contributed by atoms with Gasteiger partial charge in [0, 0.05) is 24.5 Å². The number of anilines is 1. The van der Waals surface area contributed by atoms with E-state index in [1.54, 1.807) is 25.6 Å². The second-order valence-corrected chi connectivity index (χ2v) is 7.56. The topological polar surface area (TPSA) is 122 Å². The molecule has 9 heteroatoms. The number of amides is 2. The number of nitrogens with zero attached hydrogens (tertiary/aromatic N) is 2. The summed E-state index contributed by atoms with van der Waals surface area (Å²) in [5.41, 5.74) is 0.872. The summed E-state index contributed by atoms with van der Waals surface area (Å²) in [7, 11) is 1.61. The Morgan fingerprint density at radius 3 is 2.61 bits per heavy atom. The first-order valence-electron chi connectivity index (χ1n) is 10.1. The molecule has 1 atom stereocenters. The number of aryl methyl sites for hydroxylation is 1. The number of nitrogens with one attached hydrogen (secondary N) is 3. The van der Waals surface area contributed by atoms with E-state index in [1.165, 1.54) is 0 Å². The van der Waals surface area contributed by atoms with Crippen LogP contribution in [0.5, 0.6) is 5.75 Å². The van der Waals surface area contributed by atoms with E-state index < -0.39 is 6.04 Å². The van der Waals surface area contributed by atoms with Crippen LogP contribution in [0.15, 0.2) is 47.1 Å². The Bertz CT molecular complexity index is 980. The molecule has 164 valence electrons. The second-order valence-electron chi connectivity index (χ2n) is 7.56. The minimum atomic E-state index is -0.643. The van der Waals surface area contributed by atoms with Gasteiger partial charge in [-0.05, 0) is 36.6 Å². The molecule has 3 aromatic rings. The van der Waals surface area contributed by atoms with Crippen molar-refractivity contribution in [3.05, 3.63) is 48.6 Å². The maximum atomic E-state index is 12.5. The highest BCUT2D eigenvalue weighted by atomic mass is 16.5. The molecule has 31 heavy (non-hydrogen) atoms. The average molecular weight is 425 g/mol. The monoisotopic (exact) mass is 425 g/mol. The molecule has 0 saturated heterocycles. The third-order valence-corrected chi connectivity index (χ3v) is 4.61. The first kappa shape index (κ1) is 22.1. The number of oxazole rings is 1. The molecule has 0 fully saturated rings. The zero-order valence-electron chi connectivity index (χ0n) is 17.8. The number of aromatic amines is 1. The van der Waals surface area contributed by atoms with Crippen LogP contribution in [0, 0.1) is 5.92 Å². The molecule has 0 spiro atoms. The number of aromatic nitrogens is 3. The number of rotatable bonds is 10. The average Bonchev–Trinajstić information content (AvgIpc) is 3.43. The molecule has 0 aliphatic carbocycles. The van der Waals surface area contributed by atoms with Gasteiger partial charge in [-0.3, -0.25) is 14.7 Å². The number of ether oxygens (including phenoxy) is 1. The standard InChI is InChI=1S/C22H27N5O4/c1-14(2)12-17(22(29)26-19-10-11-24-27-19)25-20(28)8-9-21-23-13-18(31-21)15-4-6-16(30-3)7-5-15/h4-7,10-11,13-14,17H,8-9,12H2,1-3H3,(H,25,28)(H2,24,26,27,29). The molecular weight excluding hydrogens is 398 g/mol. The maximum absolute atomic E-state index is 12.5. The van der Waals surface area contributed by atoms with Crippen molar-refractivity contribution in [2.45, 2.75) is 39.2 Å². The van der Waals surface area contributed by atoms with Crippen LogP contribution in [0.1, 0.15) is 32.6 Å². The van der Waals surface area contributed by atoms with Crippen LogP contribution in [-0.4, -0.2) is 40.1 Å². The summed E-state index contributed by atoms with van der Waals surface area (Å²) >= 11 is 0. The van der Waals surface area contributed by atoms with E-state index in [-0.39, 0.29) is 24.2 Å². The molecule has 9 nitrogen and oxygen atoms in total. The van der Waals surface area contributed by atoms with Gasteiger partial charge in [-0.1, -0.05) is 13.8 Å². The predicted molar refractivity (Wildman–Crippen MR) is 115 cm³/mol. The van der Waals surface area contributed by atoms with Gasteiger partial charge in [0.15, 0.2) is 11.7 Å². The Morgan fingerprint density at radius 2 is 1.97 bits per heavy atom. The fourth-order valence-electron chi connectivity index (χ4n) is 3.05. The molecule has 1 unspecified atom stereocenters. The van der Waals surface area contributed by atoms with Crippen LogP contribution in [0.4, 0.5) is 5.82 Å². The number of H-pyrrole nitrogens is 1. The lowest BCUT2D eigenvalue weighted by Gasteiger charge is -2.19. The van der Waals surface area contributed by atoms with E-state index in [1.807, 2.05) is 38.1 Å². The number of hydrogen-bond donors (Lipinski definition) is 3. The Morgan fingerprint density at radius 1 is 1.19 bits per heavy atom. The summed E-state index contributed by atoms with van der Waals surface area (Å²) in [5.74, 6) is 2.03. The third-order valence-electron chi connectivity index (χ3n) is 4.61. The summed E-state index contributed by atoms with van der Waals surface area (Å²) in [5, 5.41) is 12.0. The predicted octanol–water partition coefficient (Wildman–Crippen LogP) is 3.18. The van der Waals surface area contributed by atoms with Crippen LogP contribution in [-0.2, 0) is 16.0 Å². The van der Waals surface area contributed by atoms with Gasteiger partial charge in [0.05, 0.1) is 19.5 Å². The van der Waals surface area contributed by atoms with Crippen LogP contribution in [0.3, 0.4) is 0 Å². The molecule has 1 aromatic carbocycles. The smallest absolute Gasteiger partial charge is 0.248 e. The molecule has 0 bridgehead atoms. The maximum Gasteiger partial charge on any atom is 0.248 e. The van der Waals surface area contributed by atoms with Crippen LogP contribution in [0.25, 0.3) is 11.3 Å². The lowest BCUT2D eigenvalue weighted by atomic mass is 10.0. The van der Waals surface area contributed by atoms with Crippen molar-refractivity contribution in [3.63, 3.8) is 0 Å². The summed E-state index contributed by atoms with van der Waals surface area (Å²) in [4.78, 5) is 29.3. The number of carbonyl (C=O) groups excluding carboxylic acids is 2. The van der Waals surface area contributed by atoms with E-state index in [0.29, 0.717) is 30.3 Å². The van der Waals surface area contributed by atoms with Crippen LogP contribution >= 0.6 is 0 Å². The van der Waals surface area contributed by atoms with Crippen LogP contribution in [0.2, 0.25) is 0 Å². The highest BCUT2D eigenvalue weighted by molar-refractivity contribution is 5.96. The molecule has 2 amide bonds. The molecule has 0 aliphatic heterocycles. The molecule has 2 heterocycles. The van der Waals surface area contributed by atoms with Crippen molar-refractivity contribution >= 4 is 17.6 Å². The summed E-state index contributed by atoms with van der Waals surface area (Å²) in [6, 6.07) is 8.45. The minimum Gasteiger partial charge on any atom is -0.497 e. The fraction of sp³-hybridized carbons (Fsp3) is 0.364. The lowest BCUT2D eigenvalue weighted by Crippen LogP contribution is -2.44. The zero-order chi connectivity index (χ0) is 22.2. The Hall–Kier alpha value is -3.62. The molecular formula is C22H27N5O4. The van der Waals surface area contributed by atoms with Gasteiger partial charge in [0.25, 0.3) is 0 Å². The van der Waals surface area contributed by atoms with E-state index in [4.69, 9.17) is 9.15 Å². The van der Waals surface area contributed by atoms with Gasteiger partial charge in [0.2, 0.25) is 11.8 Å². The zero-order valence-corrected chi connectivity index (χ0v) is 17.8. The van der Waals surface area contributed by atoms with Gasteiger partial charge in [0.1, 0.15) is 17.6 Å². The summed E-state index contributed by atoms with van der Waals surface area (Å²) in [6.07, 6.45) is 4.19. The molecule has 2 aromatic heterocycles. The van der Waals surface area contributed by atoms with Crippen molar-refractivity contribution in [1.82, 2.24) is 20.5 Å². The molecule has 0 aliphatic rings. The summed E-state index contributed by atoms with van der Waals surface area (Å²) < 4.78 is 10.9. The fourth-order valence-corrected chi connectivity index (χ4v) is 3.05. The van der Waals surface area contributed by atoms with Crippen molar-refractivity contribution in [2.75, 3.05) is 12.4 Å². The number of benzene rings is 1. The lowest BCUT2D eigenvalue weighted by molar-refractivity contribution is -0.126. The molecule has 3 rings (SSSR count).